The molecule has 2 aliphatic heterocycles. The van der Waals surface area contributed by atoms with Crippen molar-refractivity contribution >= 4 is 11.9 Å². The number of likely N-dealkylation sites (tertiary alicyclic amines) is 1. The Morgan fingerprint density at radius 2 is 1.79 bits per heavy atom. The molecular weight excluding hydrogens is 300 g/mol. The summed E-state index contributed by atoms with van der Waals surface area (Å²) in [6.45, 7) is 9.30. The Labute approximate surface area is 145 Å². The van der Waals surface area contributed by atoms with Crippen molar-refractivity contribution in [3.05, 3.63) is 18.5 Å². The quantitative estimate of drug-likeness (QED) is 0.854. The molecule has 2 saturated heterocycles. The van der Waals surface area contributed by atoms with Gasteiger partial charge in [0.1, 0.15) is 0 Å². The molecule has 0 aliphatic carbocycles. The van der Waals surface area contributed by atoms with Crippen LogP contribution in [0.3, 0.4) is 0 Å². The van der Waals surface area contributed by atoms with Gasteiger partial charge in [-0.25, -0.2) is 9.97 Å². The van der Waals surface area contributed by atoms with Crippen LogP contribution in [0, 0.1) is 11.3 Å². The number of nitrogens with zero attached hydrogens (tertiary/aromatic N) is 4. The van der Waals surface area contributed by atoms with Gasteiger partial charge >= 0.3 is 0 Å². The van der Waals surface area contributed by atoms with E-state index in [0.717, 1.165) is 57.7 Å². The lowest BCUT2D eigenvalue weighted by atomic mass is 9.69. The highest BCUT2D eigenvalue weighted by molar-refractivity contribution is 5.83. The molecule has 1 atom stereocenters. The number of piperidine rings is 1. The summed E-state index contributed by atoms with van der Waals surface area (Å²) in [6, 6.07) is 2.15. The van der Waals surface area contributed by atoms with Crippen LogP contribution in [-0.2, 0) is 4.79 Å². The monoisotopic (exact) mass is 330 g/mol. The van der Waals surface area contributed by atoms with Gasteiger partial charge in [-0.2, -0.15) is 0 Å². The van der Waals surface area contributed by atoms with Crippen molar-refractivity contribution in [3.63, 3.8) is 0 Å². The van der Waals surface area contributed by atoms with Gasteiger partial charge in [0, 0.05) is 43.5 Å². The first-order valence-electron chi connectivity index (χ1n) is 9.35. The van der Waals surface area contributed by atoms with Gasteiger partial charge < -0.3 is 9.80 Å². The van der Waals surface area contributed by atoms with E-state index >= 15 is 0 Å². The van der Waals surface area contributed by atoms with Crippen molar-refractivity contribution in [1.82, 2.24) is 14.9 Å². The first-order chi connectivity index (χ1) is 11.5. The molecule has 0 N–H and O–H groups in total. The van der Waals surface area contributed by atoms with Crippen molar-refractivity contribution < 1.29 is 4.79 Å². The molecule has 0 spiro atoms. The van der Waals surface area contributed by atoms with Gasteiger partial charge in [0.05, 0.1) is 0 Å². The SMILES string of the molecule is CC(C)N1CCCC[C@](C)(C2CCN(c3ncccn3)CC2)C1=O. The zero-order chi connectivity index (χ0) is 17.2. The number of carbonyl (C=O) groups excluding carboxylic acids is 1. The van der Waals surface area contributed by atoms with E-state index in [9.17, 15) is 4.79 Å². The van der Waals surface area contributed by atoms with E-state index in [1.807, 2.05) is 6.07 Å². The van der Waals surface area contributed by atoms with E-state index in [-0.39, 0.29) is 5.41 Å². The zero-order valence-electron chi connectivity index (χ0n) is 15.2. The summed E-state index contributed by atoms with van der Waals surface area (Å²) in [4.78, 5) is 26.3. The molecule has 3 rings (SSSR count). The predicted octanol–water partition coefficient (Wildman–Crippen LogP) is 3.12. The third-order valence-electron chi connectivity index (χ3n) is 5.95. The van der Waals surface area contributed by atoms with Crippen molar-refractivity contribution in [2.45, 2.75) is 58.9 Å². The summed E-state index contributed by atoms with van der Waals surface area (Å²) in [5.41, 5.74) is -0.204. The lowest BCUT2D eigenvalue weighted by Crippen LogP contribution is -2.50. The largest absolute Gasteiger partial charge is 0.341 e. The summed E-state index contributed by atoms with van der Waals surface area (Å²) >= 11 is 0. The molecule has 24 heavy (non-hydrogen) atoms. The minimum absolute atomic E-state index is 0.204. The number of amides is 1. The summed E-state index contributed by atoms with van der Waals surface area (Å²) in [7, 11) is 0. The molecule has 0 bridgehead atoms. The number of carbonyl (C=O) groups is 1. The van der Waals surface area contributed by atoms with Crippen molar-refractivity contribution in [2.24, 2.45) is 11.3 Å². The fourth-order valence-corrected chi connectivity index (χ4v) is 4.35. The highest BCUT2D eigenvalue weighted by Crippen LogP contribution is 2.43. The normalized spacial score (nSPS) is 26.8. The Hall–Kier alpha value is -1.65. The first-order valence-corrected chi connectivity index (χ1v) is 9.35. The fraction of sp³-hybridized carbons (Fsp3) is 0.737. The van der Waals surface area contributed by atoms with E-state index in [2.05, 4.69) is 40.5 Å². The Morgan fingerprint density at radius 3 is 2.42 bits per heavy atom. The maximum absolute atomic E-state index is 13.2. The molecular formula is C19H30N4O. The maximum atomic E-state index is 13.2. The molecule has 2 fully saturated rings. The minimum atomic E-state index is -0.204. The van der Waals surface area contributed by atoms with E-state index < -0.39 is 0 Å². The van der Waals surface area contributed by atoms with Crippen LogP contribution in [0.1, 0.15) is 52.9 Å². The maximum Gasteiger partial charge on any atom is 0.229 e. The molecule has 5 nitrogen and oxygen atoms in total. The average Bonchev–Trinajstić information content (AvgIpc) is 2.76. The number of aromatic nitrogens is 2. The van der Waals surface area contributed by atoms with Gasteiger partial charge in [-0.05, 0) is 51.5 Å². The molecule has 0 unspecified atom stereocenters. The topological polar surface area (TPSA) is 49.3 Å². The number of anilines is 1. The van der Waals surface area contributed by atoms with E-state index in [1.54, 1.807) is 12.4 Å². The molecule has 0 radical (unpaired) electrons. The molecule has 0 saturated carbocycles. The van der Waals surface area contributed by atoms with Gasteiger partial charge in [0.25, 0.3) is 0 Å². The van der Waals surface area contributed by atoms with Crippen LogP contribution in [0.5, 0.6) is 0 Å². The van der Waals surface area contributed by atoms with Crippen molar-refractivity contribution in [1.29, 1.82) is 0 Å². The minimum Gasteiger partial charge on any atom is -0.341 e. The van der Waals surface area contributed by atoms with Gasteiger partial charge in [0.15, 0.2) is 0 Å². The molecule has 2 aliphatic rings. The second-order valence-electron chi connectivity index (χ2n) is 7.78. The first kappa shape index (κ1) is 17.2. The van der Waals surface area contributed by atoms with Crippen LogP contribution >= 0.6 is 0 Å². The highest BCUT2D eigenvalue weighted by Gasteiger charge is 2.45. The Balaban J connectivity index is 1.71. The summed E-state index contributed by atoms with van der Waals surface area (Å²) in [5, 5.41) is 0. The Bertz CT molecular complexity index is 554. The highest BCUT2D eigenvalue weighted by atomic mass is 16.2. The summed E-state index contributed by atoms with van der Waals surface area (Å²) < 4.78 is 0. The van der Waals surface area contributed by atoms with Crippen molar-refractivity contribution in [3.8, 4) is 0 Å². The lowest BCUT2D eigenvalue weighted by molar-refractivity contribution is -0.146. The molecule has 1 amide bonds. The number of rotatable bonds is 3. The van der Waals surface area contributed by atoms with E-state index in [1.165, 1.54) is 0 Å². The molecule has 1 aromatic heterocycles. The number of hydrogen-bond donors (Lipinski definition) is 0. The van der Waals surface area contributed by atoms with Crippen molar-refractivity contribution in [2.75, 3.05) is 24.5 Å². The van der Waals surface area contributed by atoms with Crippen LogP contribution < -0.4 is 4.90 Å². The molecule has 1 aromatic rings. The Morgan fingerprint density at radius 1 is 1.12 bits per heavy atom. The van der Waals surface area contributed by atoms with Crippen LogP contribution in [-0.4, -0.2) is 46.5 Å². The van der Waals surface area contributed by atoms with Crippen LogP contribution in [0.4, 0.5) is 5.95 Å². The molecule has 132 valence electrons. The van der Waals surface area contributed by atoms with E-state index in [4.69, 9.17) is 0 Å². The average molecular weight is 330 g/mol. The lowest BCUT2D eigenvalue weighted by Gasteiger charge is -2.43. The predicted molar refractivity (Wildman–Crippen MR) is 95.8 cm³/mol. The molecule has 3 heterocycles. The Kier molecular flexibility index (Phi) is 5.07. The van der Waals surface area contributed by atoms with E-state index in [0.29, 0.717) is 17.9 Å². The fourth-order valence-electron chi connectivity index (χ4n) is 4.35. The smallest absolute Gasteiger partial charge is 0.229 e. The molecule has 5 heteroatoms. The van der Waals surface area contributed by atoms with Gasteiger partial charge in [-0.3, -0.25) is 4.79 Å². The second-order valence-corrected chi connectivity index (χ2v) is 7.78. The number of hydrogen-bond acceptors (Lipinski definition) is 4. The molecule has 0 aromatic carbocycles. The van der Waals surface area contributed by atoms with Gasteiger partial charge in [0.2, 0.25) is 11.9 Å². The third kappa shape index (κ3) is 3.26. The standard InChI is InChI=1S/C19H30N4O/c1-15(2)23-12-5-4-9-19(3,17(23)24)16-7-13-22(14-8-16)18-20-10-6-11-21-18/h6,10-11,15-16H,4-5,7-9,12-14H2,1-3H3/t19-/m1/s1. The zero-order valence-corrected chi connectivity index (χ0v) is 15.2. The third-order valence-corrected chi connectivity index (χ3v) is 5.95. The second kappa shape index (κ2) is 7.08. The summed E-state index contributed by atoms with van der Waals surface area (Å²) in [5.74, 6) is 1.66. The van der Waals surface area contributed by atoms with Gasteiger partial charge in [-0.1, -0.05) is 13.3 Å². The summed E-state index contributed by atoms with van der Waals surface area (Å²) in [6.07, 6.45) is 9.01. The van der Waals surface area contributed by atoms with Crippen LogP contribution in [0.2, 0.25) is 0 Å². The van der Waals surface area contributed by atoms with Crippen LogP contribution in [0.25, 0.3) is 0 Å². The van der Waals surface area contributed by atoms with Gasteiger partial charge in [-0.15, -0.1) is 0 Å². The van der Waals surface area contributed by atoms with Crippen LogP contribution in [0.15, 0.2) is 18.5 Å².